The van der Waals surface area contributed by atoms with Gasteiger partial charge in [-0.3, -0.25) is 9.97 Å². The Morgan fingerprint density at radius 3 is 1.95 bits per heavy atom. The van der Waals surface area contributed by atoms with Crippen molar-refractivity contribution in [1.82, 2.24) is 9.97 Å². The zero-order chi connectivity index (χ0) is 16.0. The number of aromatic nitrogens is 2. The minimum absolute atomic E-state index is 0.366. The van der Waals surface area contributed by atoms with Crippen LogP contribution in [0.15, 0.2) is 36.7 Å². The van der Waals surface area contributed by atoms with E-state index in [1.807, 2.05) is 39.8 Å². The summed E-state index contributed by atoms with van der Waals surface area (Å²) in [5.41, 5.74) is 3.10. The molecule has 4 nitrogen and oxygen atoms in total. The highest BCUT2D eigenvalue weighted by molar-refractivity contribution is 6.61. The maximum atomic E-state index is 5.99. The van der Waals surface area contributed by atoms with Gasteiger partial charge in [0.1, 0.15) is 0 Å². The third kappa shape index (κ3) is 2.66. The lowest BCUT2D eigenvalue weighted by molar-refractivity contribution is 0.00578. The molecule has 5 heteroatoms. The van der Waals surface area contributed by atoms with Crippen LogP contribution in [0.3, 0.4) is 0 Å². The summed E-state index contributed by atoms with van der Waals surface area (Å²) < 4.78 is 12.0. The Bertz CT molecular complexity index is 650. The molecule has 0 spiro atoms. The second kappa shape index (κ2) is 5.18. The molecule has 0 N–H and O–H groups in total. The van der Waals surface area contributed by atoms with E-state index in [1.165, 1.54) is 5.56 Å². The molecule has 0 saturated carbocycles. The van der Waals surface area contributed by atoms with Crippen LogP contribution in [-0.2, 0) is 9.31 Å². The zero-order valence-corrected chi connectivity index (χ0v) is 13.8. The van der Waals surface area contributed by atoms with Crippen molar-refractivity contribution in [2.24, 2.45) is 0 Å². The highest BCUT2D eigenvalue weighted by Gasteiger charge is 2.52. The van der Waals surface area contributed by atoms with Gasteiger partial charge in [-0.2, -0.15) is 0 Å². The quantitative estimate of drug-likeness (QED) is 0.799. The molecule has 22 heavy (non-hydrogen) atoms. The number of rotatable bonds is 2. The minimum Gasteiger partial charge on any atom is -0.398 e. The van der Waals surface area contributed by atoms with E-state index >= 15 is 0 Å². The van der Waals surface area contributed by atoms with Crippen molar-refractivity contribution in [2.45, 2.75) is 45.8 Å². The van der Waals surface area contributed by atoms with Crippen LogP contribution in [0, 0.1) is 6.92 Å². The van der Waals surface area contributed by atoms with Crippen molar-refractivity contribution in [3.05, 3.63) is 42.2 Å². The van der Waals surface area contributed by atoms with E-state index in [4.69, 9.17) is 9.31 Å². The minimum atomic E-state index is -0.468. The lowest BCUT2D eigenvalue weighted by Gasteiger charge is -2.32. The number of nitrogens with zero attached hydrogens (tertiary/aromatic N) is 2. The van der Waals surface area contributed by atoms with Crippen molar-refractivity contribution in [2.75, 3.05) is 0 Å². The molecule has 0 radical (unpaired) electrons. The SMILES string of the molecule is Cc1ccc(-c2cnc(B3OC(C)(C)C(C)(C)O3)cn2)cc1. The molecule has 1 aliphatic heterocycles. The standard InChI is InChI=1S/C17H21BN2O2/c1-12-6-8-13(9-7-12)14-10-20-15(11-19-14)18-21-16(2,3)17(4,5)22-18/h6-11H,1-5H3. The average Bonchev–Trinajstić information content (AvgIpc) is 2.68. The molecule has 2 heterocycles. The fraction of sp³-hybridized carbons (Fsp3) is 0.412. The Balaban J connectivity index is 1.82. The molecule has 1 saturated heterocycles. The van der Waals surface area contributed by atoms with Crippen LogP contribution in [0.5, 0.6) is 0 Å². The average molecular weight is 296 g/mol. The molecule has 1 aromatic heterocycles. The number of hydrogen-bond acceptors (Lipinski definition) is 4. The molecule has 0 aliphatic carbocycles. The second-order valence-electron chi connectivity index (χ2n) is 6.78. The zero-order valence-electron chi connectivity index (χ0n) is 13.8. The highest BCUT2D eigenvalue weighted by Crippen LogP contribution is 2.36. The predicted molar refractivity (Wildman–Crippen MR) is 87.9 cm³/mol. The monoisotopic (exact) mass is 296 g/mol. The van der Waals surface area contributed by atoms with Gasteiger partial charge in [-0.05, 0) is 34.6 Å². The smallest absolute Gasteiger partial charge is 0.398 e. The number of benzene rings is 1. The van der Waals surface area contributed by atoms with Crippen LogP contribution in [0.25, 0.3) is 11.3 Å². The van der Waals surface area contributed by atoms with Crippen molar-refractivity contribution in [3.63, 3.8) is 0 Å². The van der Waals surface area contributed by atoms with Gasteiger partial charge in [0.25, 0.3) is 0 Å². The first-order chi connectivity index (χ1) is 10.3. The van der Waals surface area contributed by atoms with Crippen LogP contribution in [0.1, 0.15) is 33.3 Å². The van der Waals surface area contributed by atoms with Crippen LogP contribution >= 0.6 is 0 Å². The van der Waals surface area contributed by atoms with Gasteiger partial charge < -0.3 is 9.31 Å². The molecular formula is C17H21BN2O2. The van der Waals surface area contributed by atoms with Crippen LogP contribution < -0.4 is 5.59 Å². The summed E-state index contributed by atoms with van der Waals surface area (Å²) in [6, 6.07) is 8.24. The first-order valence-electron chi connectivity index (χ1n) is 7.53. The summed E-state index contributed by atoms with van der Waals surface area (Å²) >= 11 is 0. The van der Waals surface area contributed by atoms with Crippen LogP contribution in [-0.4, -0.2) is 28.3 Å². The van der Waals surface area contributed by atoms with E-state index < -0.39 is 7.12 Å². The molecule has 1 fully saturated rings. The van der Waals surface area contributed by atoms with Gasteiger partial charge in [0, 0.05) is 11.8 Å². The van der Waals surface area contributed by atoms with E-state index in [2.05, 4.69) is 29.0 Å². The first kappa shape index (κ1) is 15.2. The van der Waals surface area contributed by atoms with E-state index in [-0.39, 0.29) is 11.2 Å². The fourth-order valence-electron chi connectivity index (χ4n) is 2.30. The molecular weight excluding hydrogens is 275 g/mol. The predicted octanol–water partition coefficient (Wildman–Crippen LogP) is 2.75. The molecule has 3 rings (SSSR count). The number of hydrogen-bond donors (Lipinski definition) is 0. The van der Waals surface area contributed by atoms with Crippen molar-refractivity contribution < 1.29 is 9.31 Å². The Labute approximate surface area is 132 Å². The molecule has 0 bridgehead atoms. The Morgan fingerprint density at radius 2 is 1.45 bits per heavy atom. The molecule has 114 valence electrons. The van der Waals surface area contributed by atoms with E-state index in [0.29, 0.717) is 5.59 Å². The Hall–Kier alpha value is -1.72. The van der Waals surface area contributed by atoms with Gasteiger partial charge in [0.05, 0.1) is 28.7 Å². The van der Waals surface area contributed by atoms with Crippen molar-refractivity contribution in [1.29, 1.82) is 0 Å². The summed E-state index contributed by atoms with van der Waals surface area (Å²) in [4.78, 5) is 8.97. The normalized spacial score (nSPS) is 19.4. The summed E-state index contributed by atoms with van der Waals surface area (Å²) in [5, 5.41) is 0. The van der Waals surface area contributed by atoms with E-state index in [0.717, 1.165) is 11.3 Å². The van der Waals surface area contributed by atoms with Crippen LogP contribution in [0.4, 0.5) is 0 Å². The maximum Gasteiger partial charge on any atom is 0.516 e. The lowest BCUT2D eigenvalue weighted by Crippen LogP contribution is -2.41. The van der Waals surface area contributed by atoms with Gasteiger partial charge in [-0.15, -0.1) is 0 Å². The Kier molecular flexibility index (Phi) is 3.58. The molecule has 1 aromatic carbocycles. The van der Waals surface area contributed by atoms with Gasteiger partial charge in [-0.1, -0.05) is 29.8 Å². The largest absolute Gasteiger partial charge is 0.516 e. The van der Waals surface area contributed by atoms with E-state index in [1.54, 1.807) is 12.4 Å². The molecule has 2 aromatic rings. The highest BCUT2D eigenvalue weighted by atomic mass is 16.7. The first-order valence-corrected chi connectivity index (χ1v) is 7.53. The second-order valence-corrected chi connectivity index (χ2v) is 6.78. The van der Waals surface area contributed by atoms with E-state index in [9.17, 15) is 0 Å². The maximum absolute atomic E-state index is 5.99. The molecule has 1 aliphatic rings. The lowest BCUT2D eigenvalue weighted by atomic mass is 9.85. The van der Waals surface area contributed by atoms with Gasteiger partial charge in [0.2, 0.25) is 0 Å². The summed E-state index contributed by atoms with van der Waals surface area (Å²) in [5.74, 6) is 0. The summed E-state index contributed by atoms with van der Waals surface area (Å²) in [6.45, 7) is 10.2. The molecule has 0 unspecified atom stereocenters. The van der Waals surface area contributed by atoms with Crippen LogP contribution in [0.2, 0.25) is 0 Å². The third-order valence-corrected chi connectivity index (χ3v) is 4.51. The topological polar surface area (TPSA) is 44.2 Å². The third-order valence-electron chi connectivity index (χ3n) is 4.51. The molecule has 0 atom stereocenters. The number of aryl methyl sites for hydroxylation is 1. The van der Waals surface area contributed by atoms with Gasteiger partial charge in [0.15, 0.2) is 0 Å². The van der Waals surface area contributed by atoms with Crippen molar-refractivity contribution >= 4 is 12.7 Å². The Morgan fingerprint density at radius 1 is 0.864 bits per heavy atom. The van der Waals surface area contributed by atoms with Gasteiger partial charge >= 0.3 is 7.12 Å². The summed E-state index contributed by atoms with van der Waals surface area (Å²) in [6.07, 6.45) is 3.50. The van der Waals surface area contributed by atoms with Gasteiger partial charge in [-0.25, -0.2) is 0 Å². The molecule has 0 amide bonds. The summed E-state index contributed by atoms with van der Waals surface area (Å²) in [7, 11) is -0.468. The fourth-order valence-corrected chi connectivity index (χ4v) is 2.30. The van der Waals surface area contributed by atoms with Crippen molar-refractivity contribution in [3.8, 4) is 11.3 Å².